The van der Waals surface area contributed by atoms with Crippen molar-refractivity contribution in [1.29, 1.82) is 0 Å². The van der Waals surface area contributed by atoms with Gasteiger partial charge in [0.1, 0.15) is 18.4 Å². The Labute approximate surface area is 203 Å². The summed E-state index contributed by atoms with van der Waals surface area (Å²) >= 11 is 0. The molecule has 0 saturated carbocycles. The lowest BCUT2D eigenvalue weighted by molar-refractivity contribution is -0.112. The van der Waals surface area contributed by atoms with Crippen molar-refractivity contribution in [2.24, 2.45) is 11.1 Å². The summed E-state index contributed by atoms with van der Waals surface area (Å²) < 4.78 is 0. The first-order valence-corrected chi connectivity index (χ1v) is 11.7. The summed E-state index contributed by atoms with van der Waals surface area (Å²) in [4.78, 5) is 36.5. The lowest BCUT2D eigenvalue weighted by Crippen LogP contribution is -2.41. The fourth-order valence-electron chi connectivity index (χ4n) is 4.91. The number of nitrogens with zero attached hydrogens (tertiary/aromatic N) is 3. The van der Waals surface area contributed by atoms with Crippen LogP contribution >= 0.6 is 0 Å². The number of allylic oxidation sites excluding steroid dienone is 3. The van der Waals surface area contributed by atoms with E-state index >= 15 is 0 Å². The average molecular weight is 467 g/mol. The fraction of sp³-hybridized carbons (Fsp3) is 0.214. The number of amides is 1. The fourth-order valence-corrected chi connectivity index (χ4v) is 4.91. The highest BCUT2D eigenvalue weighted by atomic mass is 16.6. The molecule has 2 aliphatic heterocycles. The van der Waals surface area contributed by atoms with Crippen molar-refractivity contribution in [2.45, 2.75) is 25.3 Å². The molecule has 2 aromatic carbocycles. The molecule has 2 aliphatic rings. The molecule has 0 radical (unpaired) electrons. The van der Waals surface area contributed by atoms with Gasteiger partial charge in [0.15, 0.2) is 0 Å². The number of nitrogens with two attached hydrogens (primary N) is 1. The van der Waals surface area contributed by atoms with Gasteiger partial charge < -0.3 is 20.3 Å². The molecular formula is C28H26N4O3. The Morgan fingerprint density at radius 3 is 2.89 bits per heavy atom. The van der Waals surface area contributed by atoms with Gasteiger partial charge in [-0.1, -0.05) is 29.4 Å². The average Bonchev–Trinajstić information content (AvgIpc) is 3.21. The van der Waals surface area contributed by atoms with Crippen molar-refractivity contribution in [2.75, 3.05) is 12.3 Å². The van der Waals surface area contributed by atoms with Crippen LogP contribution in [-0.4, -0.2) is 40.9 Å². The molecule has 5 rings (SSSR count). The van der Waals surface area contributed by atoms with E-state index in [0.717, 1.165) is 46.6 Å². The third kappa shape index (κ3) is 4.71. The highest BCUT2D eigenvalue weighted by molar-refractivity contribution is 5.96. The topological polar surface area (TPSA) is 97.9 Å². The molecule has 2 N–H and O–H groups in total. The molecule has 7 heteroatoms. The van der Waals surface area contributed by atoms with Gasteiger partial charge in [-0.05, 0) is 77.8 Å². The highest BCUT2D eigenvalue weighted by Gasteiger charge is 2.35. The number of aromatic nitrogens is 1. The summed E-state index contributed by atoms with van der Waals surface area (Å²) in [5.74, 6) is 0.132. The van der Waals surface area contributed by atoms with Crippen LogP contribution in [0.4, 0.5) is 5.82 Å². The van der Waals surface area contributed by atoms with E-state index < -0.39 is 0 Å². The molecule has 0 bridgehead atoms. The van der Waals surface area contributed by atoms with Crippen LogP contribution in [0.15, 0.2) is 78.3 Å². The maximum Gasteiger partial charge on any atom is 0.254 e. The Morgan fingerprint density at radius 2 is 2.06 bits per heavy atom. The molecule has 176 valence electrons. The molecule has 3 aromatic rings. The Hall–Kier alpha value is -4.26. The van der Waals surface area contributed by atoms with Gasteiger partial charge in [0.25, 0.3) is 5.91 Å². The molecule has 1 fully saturated rings. The first-order chi connectivity index (χ1) is 17.1. The Balaban J connectivity index is 1.33. The highest BCUT2D eigenvalue weighted by Crippen LogP contribution is 2.29. The smallest absolute Gasteiger partial charge is 0.254 e. The number of aldehydes is 1. The van der Waals surface area contributed by atoms with E-state index in [4.69, 9.17) is 10.6 Å². The maximum absolute atomic E-state index is 13.4. The van der Waals surface area contributed by atoms with Crippen LogP contribution in [-0.2, 0) is 16.1 Å². The van der Waals surface area contributed by atoms with E-state index in [1.807, 2.05) is 65.6 Å². The second kappa shape index (κ2) is 9.93. The predicted molar refractivity (Wildman–Crippen MR) is 137 cm³/mol. The summed E-state index contributed by atoms with van der Waals surface area (Å²) in [5.41, 5.74) is 9.57. The van der Waals surface area contributed by atoms with E-state index in [9.17, 15) is 9.59 Å². The van der Waals surface area contributed by atoms with E-state index in [1.54, 1.807) is 12.4 Å². The number of fused-ring (bicyclic) bond motifs is 1. The number of hydrogen-bond donors (Lipinski definition) is 1. The Kier molecular flexibility index (Phi) is 6.39. The largest absolute Gasteiger partial charge is 0.383 e. The number of hydrogen-bond acceptors (Lipinski definition) is 6. The van der Waals surface area contributed by atoms with Gasteiger partial charge in [-0.2, -0.15) is 0 Å². The molecule has 0 aliphatic carbocycles. The van der Waals surface area contributed by atoms with Crippen molar-refractivity contribution in [3.8, 4) is 0 Å². The van der Waals surface area contributed by atoms with Crippen LogP contribution in [0.1, 0.15) is 34.3 Å². The minimum Gasteiger partial charge on any atom is -0.383 e. The lowest BCUT2D eigenvalue weighted by atomic mass is 9.90. The number of likely N-dealkylation sites (tertiary alicyclic amines) is 1. The Morgan fingerprint density at radius 1 is 1.20 bits per heavy atom. The minimum atomic E-state index is -0.295. The van der Waals surface area contributed by atoms with Crippen molar-refractivity contribution in [3.05, 3.63) is 89.8 Å². The number of pyridine rings is 1. The molecule has 35 heavy (non-hydrogen) atoms. The summed E-state index contributed by atoms with van der Waals surface area (Å²) in [5, 5.41) is 5.63. The molecule has 1 saturated heterocycles. The van der Waals surface area contributed by atoms with E-state index in [-0.39, 0.29) is 17.9 Å². The number of carbonyl (C=O) groups is 2. The number of benzene rings is 2. The van der Waals surface area contributed by atoms with E-state index in [2.05, 4.69) is 10.1 Å². The summed E-state index contributed by atoms with van der Waals surface area (Å²) in [7, 11) is 0. The normalized spacial score (nSPS) is 18.1. The molecule has 1 amide bonds. The number of nitrogen functional groups attached to an aromatic ring is 1. The standard InChI is InChI=1S/C28H26N4O3/c29-27-25-17-19(3-4-22(25)9-12-30-27)16-24(18-33)26-2-1-14-32(26)28(34)23-7-5-20(6-8-23)21-10-13-31-35-15-11-21/h3-13,15,17-18,24,26H,1-2,14,16H2,(H2,29,30). The quantitative estimate of drug-likeness (QED) is 0.543. The molecular weight excluding hydrogens is 440 g/mol. The minimum absolute atomic E-state index is 0.0480. The number of carbonyl (C=O) groups excluding carboxylic acids is 2. The SMILES string of the molecule is Nc1nccc2ccc(CC(C=O)C3CCCN3C(=O)c3ccc(C4=CC=NOC=C4)cc3)cc12. The molecule has 1 aromatic heterocycles. The second-order valence-corrected chi connectivity index (χ2v) is 8.83. The zero-order valence-electron chi connectivity index (χ0n) is 19.2. The van der Waals surface area contributed by atoms with Crippen molar-refractivity contribution in [3.63, 3.8) is 0 Å². The second-order valence-electron chi connectivity index (χ2n) is 8.83. The zero-order valence-corrected chi connectivity index (χ0v) is 19.2. The van der Waals surface area contributed by atoms with Gasteiger partial charge in [0.2, 0.25) is 0 Å². The Bertz CT molecular complexity index is 1340. The summed E-state index contributed by atoms with van der Waals surface area (Å²) in [6.45, 7) is 0.645. The van der Waals surface area contributed by atoms with E-state index in [0.29, 0.717) is 24.3 Å². The summed E-state index contributed by atoms with van der Waals surface area (Å²) in [6, 6.07) is 15.3. The molecule has 2 atom stereocenters. The van der Waals surface area contributed by atoms with Crippen molar-refractivity contribution >= 4 is 40.6 Å². The van der Waals surface area contributed by atoms with Crippen molar-refractivity contribution in [1.82, 2.24) is 9.88 Å². The number of oxime groups is 1. The van der Waals surface area contributed by atoms with Gasteiger partial charge in [0, 0.05) is 35.7 Å². The molecule has 2 unspecified atom stereocenters. The zero-order chi connectivity index (χ0) is 24.2. The van der Waals surface area contributed by atoms with Crippen molar-refractivity contribution < 1.29 is 14.4 Å². The third-order valence-corrected chi connectivity index (χ3v) is 6.71. The van der Waals surface area contributed by atoms with Gasteiger partial charge in [-0.3, -0.25) is 4.79 Å². The lowest BCUT2D eigenvalue weighted by Gasteiger charge is -2.29. The van der Waals surface area contributed by atoms with Crippen LogP contribution in [0.5, 0.6) is 0 Å². The third-order valence-electron chi connectivity index (χ3n) is 6.71. The van der Waals surface area contributed by atoms with E-state index in [1.165, 1.54) is 6.26 Å². The van der Waals surface area contributed by atoms with Crippen LogP contribution in [0.2, 0.25) is 0 Å². The number of rotatable bonds is 6. The first-order valence-electron chi connectivity index (χ1n) is 11.7. The van der Waals surface area contributed by atoms with Crippen LogP contribution in [0.3, 0.4) is 0 Å². The monoisotopic (exact) mass is 466 g/mol. The van der Waals surface area contributed by atoms with Gasteiger partial charge in [-0.25, -0.2) is 4.98 Å². The van der Waals surface area contributed by atoms with Crippen LogP contribution in [0.25, 0.3) is 16.3 Å². The van der Waals surface area contributed by atoms with Crippen LogP contribution in [0, 0.1) is 5.92 Å². The van der Waals surface area contributed by atoms with Gasteiger partial charge >= 0.3 is 0 Å². The van der Waals surface area contributed by atoms with Gasteiger partial charge in [0.05, 0.1) is 6.21 Å². The molecule has 0 spiro atoms. The first kappa shape index (κ1) is 22.5. The predicted octanol–water partition coefficient (Wildman–Crippen LogP) is 4.39. The number of anilines is 1. The van der Waals surface area contributed by atoms with Gasteiger partial charge in [-0.15, -0.1) is 0 Å². The molecule has 7 nitrogen and oxygen atoms in total. The summed E-state index contributed by atoms with van der Waals surface area (Å²) in [6.07, 6.45) is 11.7. The molecule has 3 heterocycles. The van der Waals surface area contributed by atoms with Crippen LogP contribution < -0.4 is 5.73 Å². The maximum atomic E-state index is 13.4.